The summed E-state index contributed by atoms with van der Waals surface area (Å²) in [5.74, 6) is -0.226. The third kappa shape index (κ3) is 2.41. The fourth-order valence-corrected chi connectivity index (χ4v) is 1.40. The smallest absolute Gasteiger partial charge is 0.272 e. The summed E-state index contributed by atoms with van der Waals surface area (Å²) in [5.41, 5.74) is 1.04. The van der Waals surface area contributed by atoms with E-state index >= 15 is 0 Å². The fraction of sp³-hybridized carbons (Fsp3) is 0. The van der Waals surface area contributed by atoms with Crippen molar-refractivity contribution in [2.75, 3.05) is 5.32 Å². The third-order valence-corrected chi connectivity index (χ3v) is 2.17. The average Bonchev–Trinajstić information content (AvgIpc) is 2.66. The fourth-order valence-electron chi connectivity index (χ4n) is 1.06. The summed E-state index contributed by atoms with van der Waals surface area (Å²) >= 11 is 3.25. The van der Waals surface area contributed by atoms with E-state index in [1.807, 2.05) is 0 Å². The number of halogens is 1. The van der Waals surface area contributed by atoms with E-state index in [1.54, 1.807) is 12.3 Å². The molecule has 2 N–H and O–H groups in total. The second-order valence-corrected chi connectivity index (χ2v) is 3.73. The first-order valence-corrected chi connectivity index (χ1v) is 4.95. The maximum absolute atomic E-state index is 11.6. The monoisotopic (exact) mass is 266 g/mol. The molecule has 76 valence electrons. The van der Waals surface area contributed by atoms with Gasteiger partial charge in [0.2, 0.25) is 0 Å². The van der Waals surface area contributed by atoms with Crippen molar-refractivity contribution in [3.8, 4) is 0 Å². The number of H-pyrrole nitrogens is 1. The van der Waals surface area contributed by atoms with Crippen LogP contribution in [-0.4, -0.2) is 20.9 Å². The van der Waals surface area contributed by atoms with Crippen molar-refractivity contribution in [1.29, 1.82) is 0 Å². The van der Waals surface area contributed by atoms with Crippen LogP contribution in [0, 0.1) is 0 Å². The molecule has 0 aromatic carbocycles. The van der Waals surface area contributed by atoms with Gasteiger partial charge in [0.15, 0.2) is 0 Å². The van der Waals surface area contributed by atoms with Gasteiger partial charge in [-0.05, 0) is 22.0 Å². The first-order chi connectivity index (χ1) is 7.25. The summed E-state index contributed by atoms with van der Waals surface area (Å²) in [5, 5.41) is 2.66. The van der Waals surface area contributed by atoms with Crippen LogP contribution in [0.1, 0.15) is 10.5 Å². The van der Waals surface area contributed by atoms with Crippen LogP contribution >= 0.6 is 15.9 Å². The van der Waals surface area contributed by atoms with E-state index in [0.717, 1.165) is 4.47 Å². The predicted molar refractivity (Wildman–Crippen MR) is 58.5 cm³/mol. The summed E-state index contributed by atoms with van der Waals surface area (Å²) in [6.07, 6.45) is 6.16. The Balaban J connectivity index is 2.11. The zero-order valence-corrected chi connectivity index (χ0v) is 9.15. The van der Waals surface area contributed by atoms with Gasteiger partial charge in [-0.15, -0.1) is 0 Å². The number of nitrogens with zero attached hydrogens (tertiary/aromatic N) is 2. The molecule has 0 radical (unpaired) electrons. The van der Waals surface area contributed by atoms with Crippen LogP contribution in [0.25, 0.3) is 0 Å². The highest BCUT2D eigenvalue weighted by atomic mass is 79.9. The summed E-state index contributed by atoms with van der Waals surface area (Å²) in [4.78, 5) is 22.0. The highest BCUT2D eigenvalue weighted by molar-refractivity contribution is 9.10. The highest BCUT2D eigenvalue weighted by Crippen LogP contribution is 2.12. The van der Waals surface area contributed by atoms with Crippen LogP contribution in [0.2, 0.25) is 0 Å². The Hall–Kier alpha value is -1.69. The van der Waals surface area contributed by atoms with Gasteiger partial charge >= 0.3 is 0 Å². The van der Waals surface area contributed by atoms with E-state index in [4.69, 9.17) is 0 Å². The minimum absolute atomic E-state index is 0.226. The largest absolute Gasteiger partial charge is 0.356 e. The van der Waals surface area contributed by atoms with Gasteiger partial charge in [-0.2, -0.15) is 0 Å². The van der Waals surface area contributed by atoms with Crippen LogP contribution in [0.4, 0.5) is 5.69 Å². The lowest BCUT2D eigenvalue weighted by Gasteiger charge is -2.01. The molecule has 0 bridgehead atoms. The Labute approximate surface area is 94.1 Å². The summed E-state index contributed by atoms with van der Waals surface area (Å²) in [6.45, 7) is 0. The lowest BCUT2D eigenvalue weighted by Crippen LogP contribution is -2.12. The SMILES string of the molecule is O=C(Nc1cncnc1)c1cc(Br)c[nH]1. The molecule has 1 amide bonds. The van der Waals surface area contributed by atoms with Gasteiger partial charge in [0.05, 0.1) is 18.1 Å². The molecular weight excluding hydrogens is 260 g/mol. The Morgan fingerprint density at radius 2 is 2.13 bits per heavy atom. The Morgan fingerprint density at radius 3 is 2.73 bits per heavy atom. The first-order valence-electron chi connectivity index (χ1n) is 4.16. The van der Waals surface area contributed by atoms with E-state index in [1.165, 1.54) is 18.7 Å². The van der Waals surface area contributed by atoms with Crippen molar-refractivity contribution < 1.29 is 4.79 Å². The number of aromatic amines is 1. The number of anilines is 1. The molecule has 0 saturated carbocycles. The van der Waals surface area contributed by atoms with Crippen LogP contribution in [0.15, 0.2) is 35.5 Å². The summed E-state index contributed by atoms with van der Waals surface area (Å²) < 4.78 is 0.831. The Kier molecular flexibility index (Phi) is 2.77. The third-order valence-electron chi connectivity index (χ3n) is 1.71. The number of hydrogen-bond acceptors (Lipinski definition) is 3. The van der Waals surface area contributed by atoms with Crippen LogP contribution in [-0.2, 0) is 0 Å². The molecule has 2 rings (SSSR count). The molecule has 0 aliphatic carbocycles. The molecule has 0 unspecified atom stereocenters. The van der Waals surface area contributed by atoms with Gasteiger partial charge in [0.1, 0.15) is 12.0 Å². The van der Waals surface area contributed by atoms with Crippen LogP contribution in [0.3, 0.4) is 0 Å². The molecule has 6 heteroatoms. The van der Waals surface area contributed by atoms with Crippen molar-refractivity contribution in [1.82, 2.24) is 15.0 Å². The highest BCUT2D eigenvalue weighted by Gasteiger charge is 2.07. The lowest BCUT2D eigenvalue weighted by atomic mass is 10.4. The molecule has 0 saturated heterocycles. The zero-order valence-electron chi connectivity index (χ0n) is 7.57. The standard InChI is InChI=1S/C9H7BrN4O/c10-6-1-8(13-2-6)9(15)14-7-3-11-5-12-4-7/h1-5,13H,(H,14,15). The molecule has 0 atom stereocenters. The summed E-state index contributed by atoms with van der Waals surface area (Å²) in [7, 11) is 0. The van der Waals surface area contributed by atoms with E-state index < -0.39 is 0 Å². The maximum Gasteiger partial charge on any atom is 0.272 e. The van der Waals surface area contributed by atoms with Gasteiger partial charge < -0.3 is 10.3 Å². The van der Waals surface area contributed by atoms with Crippen LogP contribution in [0.5, 0.6) is 0 Å². The number of carbonyl (C=O) groups excluding carboxylic acids is 1. The second kappa shape index (κ2) is 4.22. The molecule has 2 heterocycles. The minimum atomic E-state index is -0.226. The van der Waals surface area contributed by atoms with Gasteiger partial charge in [-0.3, -0.25) is 4.79 Å². The van der Waals surface area contributed by atoms with Gasteiger partial charge in [-0.25, -0.2) is 9.97 Å². The van der Waals surface area contributed by atoms with E-state index in [2.05, 4.69) is 36.2 Å². The minimum Gasteiger partial charge on any atom is -0.356 e. The second-order valence-electron chi connectivity index (χ2n) is 2.81. The van der Waals surface area contributed by atoms with E-state index in [-0.39, 0.29) is 5.91 Å². The molecule has 5 nitrogen and oxygen atoms in total. The summed E-state index contributed by atoms with van der Waals surface area (Å²) in [6, 6.07) is 1.69. The number of nitrogens with one attached hydrogen (secondary N) is 2. The van der Waals surface area contributed by atoms with Gasteiger partial charge in [0.25, 0.3) is 5.91 Å². The van der Waals surface area contributed by atoms with Gasteiger partial charge in [-0.1, -0.05) is 0 Å². The van der Waals surface area contributed by atoms with E-state index in [9.17, 15) is 4.79 Å². The molecule has 0 aliphatic heterocycles. The van der Waals surface area contributed by atoms with Crippen molar-refractivity contribution in [2.45, 2.75) is 0 Å². The molecule has 0 spiro atoms. The number of rotatable bonds is 2. The molecular formula is C9H7BrN4O. The molecule has 0 aliphatic rings. The van der Waals surface area contributed by atoms with Crippen molar-refractivity contribution in [2.24, 2.45) is 0 Å². The Bertz CT molecular complexity index is 468. The first kappa shape index (κ1) is 9.85. The molecule has 2 aromatic rings. The van der Waals surface area contributed by atoms with Crippen LogP contribution < -0.4 is 5.32 Å². The average molecular weight is 267 g/mol. The molecule has 15 heavy (non-hydrogen) atoms. The normalized spacial score (nSPS) is 9.93. The number of hydrogen-bond donors (Lipinski definition) is 2. The van der Waals surface area contributed by atoms with E-state index in [0.29, 0.717) is 11.4 Å². The zero-order chi connectivity index (χ0) is 10.7. The molecule has 2 aromatic heterocycles. The number of aromatic nitrogens is 3. The molecule has 0 fully saturated rings. The quantitative estimate of drug-likeness (QED) is 0.871. The number of amides is 1. The topological polar surface area (TPSA) is 70.7 Å². The van der Waals surface area contributed by atoms with Crippen molar-refractivity contribution in [3.63, 3.8) is 0 Å². The predicted octanol–water partition coefficient (Wildman–Crippen LogP) is 1.82. The number of carbonyl (C=O) groups is 1. The van der Waals surface area contributed by atoms with Gasteiger partial charge in [0, 0.05) is 10.7 Å². The Morgan fingerprint density at radius 1 is 1.40 bits per heavy atom. The maximum atomic E-state index is 11.6. The van der Waals surface area contributed by atoms with Crippen molar-refractivity contribution >= 4 is 27.5 Å². The van der Waals surface area contributed by atoms with Crippen molar-refractivity contribution in [3.05, 3.63) is 41.2 Å². The lowest BCUT2D eigenvalue weighted by molar-refractivity contribution is 0.102.